The molecule has 1 heterocycles. The number of ether oxygens (including phenoxy) is 2. The predicted molar refractivity (Wildman–Crippen MR) is 80.3 cm³/mol. The Morgan fingerprint density at radius 1 is 1.23 bits per heavy atom. The van der Waals surface area contributed by atoms with Gasteiger partial charge in [0.25, 0.3) is 0 Å². The molecule has 0 aliphatic carbocycles. The first-order chi connectivity index (χ1) is 10.4. The summed E-state index contributed by atoms with van der Waals surface area (Å²) < 4.78 is 49.3. The van der Waals surface area contributed by atoms with Gasteiger partial charge in [-0.3, -0.25) is 0 Å². The Hall–Kier alpha value is -1.65. The maximum absolute atomic E-state index is 12.8. The largest absolute Gasteiger partial charge is 0.493 e. The van der Waals surface area contributed by atoms with Gasteiger partial charge >= 0.3 is 6.18 Å². The average molecular weight is 314 g/mol. The zero-order valence-electron chi connectivity index (χ0n) is 13.0. The summed E-state index contributed by atoms with van der Waals surface area (Å²) >= 11 is 0. The number of rotatable bonds is 5. The maximum atomic E-state index is 12.8. The molecule has 122 valence electrons. The Balaban J connectivity index is 2.19. The Morgan fingerprint density at radius 2 is 1.91 bits per heavy atom. The first kappa shape index (κ1) is 16.7. The first-order valence-electron chi connectivity index (χ1n) is 7.54. The third-order valence-corrected chi connectivity index (χ3v) is 4.03. The highest BCUT2D eigenvalue weighted by Crippen LogP contribution is 2.39. The lowest BCUT2D eigenvalue weighted by Crippen LogP contribution is -2.34. The Labute approximate surface area is 128 Å². The maximum Gasteiger partial charge on any atom is 0.429 e. The van der Waals surface area contributed by atoms with Crippen molar-refractivity contribution in [1.82, 2.24) is 0 Å². The monoisotopic (exact) mass is 314 g/mol. The SMILES string of the molecule is CCC(CC)COc1ccc2c(c1C)OC(C(F)(F)F)C=C2. The number of hydrogen-bond acceptors (Lipinski definition) is 2. The number of halogens is 3. The third kappa shape index (κ3) is 3.57. The van der Waals surface area contributed by atoms with Crippen LogP contribution < -0.4 is 9.47 Å². The molecule has 1 aromatic carbocycles. The van der Waals surface area contributed by atoms with Crippen molar-refractivity contribution in [3.8, 4) is 11.5 Å². The number of fused-ring (bicyclic) bond motifs is 1. The minimum atomic E-state index is -4.41. The topological polar surface area (TPSA) is 18.5 Å². The third-order valence-electron chi connectivity index (χ3n) is 4.03. The van der Waals surface area contributed by atoms with Gasteiger partial charge in [-0.1, -0.05) is 32.8 Å². The molecule has 5 heteroatoms. The number of benzene rings is 1. The van der Waals surface area contributed by atoms with E-state index in [1.54, 1.807) is 19.1 Å². The van der Waals surface area contributed by atoms with Crippen molar-refractivity contribution in [3.05, 3.63) is 29.3 Å². The van der Waals surface area contributed by atoms with E-state index in [9.17, 15) is 13.2 Å². The summed E-state index contributed by atoms with van der Waals surface area (Å²) in [4.78, 5) is 0. The highest BCUT2D eigenvalue weighted by atomic mass is 19.4. The normalized spacial score (nSPS) is 17.3. The van der Waals surface area contributed by atoms with E-state index >= 15 is 0 Å². The molecule has 0 saturated heterocycles. The summed E-state index contributed by atoms with van der Waals surface area (Å²) in [7, 11) is 0. The van der Waals surface area contributed by atoms with Crippen LogP contribution in [0.1, 0.15) is 37.8 Å². The van der Waals surface area contributed by atoms with Gasteiger partial charge in [0, 0.05) is 11.1 Å². The van der Waals surface area contributed by atoms with Crippen molar-refractivity contribution in [2.45, 2.75) is 45.9 Å². The van der Waals surface area contributed by atoms with Gasteiger partial charge in [0.15, 0.2) is 0 Å². The van der Waals surface area contributed by atoms with E-state index in [-0.39, 0.29) is 5.75 Å². The molecule has 0 spiro atoms. The van der Waals surface area contributed by atoms with Crippen LogP contribution in [0.4, 0.5) is 13.2 Å². The Kier molecular flexibility index (Phi) is 5.04. The minimum Gasteiger partial charge on any atom is -0.493 e. The second-order valence-corrected chi connectivity index (χ2v) is 5.54. The molecule has 0 aromatic heterocycles. The highest BCUT2D eigenvalue weighted by molar-refractivity contribution is 5.65. The van der Waals surface area contributed by atoms with Crippen LogP contribution in [0, 0.1) is 12.8 Å². The van der Waals surface area contributed by atoms with Crippen LogP contribution in [0.5, 0.6) is 11.5 Å². The molecule has 0 N–H and O–H groups in total. The first-order valence-corrected chi connectivity index (χ1v) is 7.54. The lowest BCUT2D eigenvalue weighted by Gasteiger charge is -2.26. The Morgan fingerprint density at radius 3 is 2.50 bits per heavy atom. The minimum absolute atomic E-state index is 0.256. The van der Waals surface area contributed by atoms with Gasteiger partial charge in [-0.05, 0) is 31.1 Å². The molecular formula is C17H21F3O2. The van der Waals surface area contributed by atoms with Gasteiger partial charge < -0.3 is 9.47 Å². The van der Waals surface area contributed by atoms with Crippen molar-refractivity contribution in [3.63, 3.8) is 0 Å². The van der Waals surface area contributed by atoms with Crippen LogP contribution in [0.3, 0.4) is 0 Å². The van der Waals surface area contributed by atoms with Crippen molar-refractivity contribution >= 4 is 6.08 Å². The van der Waals surface area contributed by atoms with Gasteiger partial charge in [0.1, 0.15) is 11.5 Å². The smallest absolute Gasteiger partial charge is 0.429 e. The van der Waals surface area contributed by atoms with E-state index in [4.69, 9.17) is 9.47 Å². The van der Waals surface area contributed by atoms with Gasteiger partial charge in [0.2, 0.25) is 6.10 Å². The fourth-order valence-corrected chi connectivity index (χ4v) is 2.40. The fraction of sp³-hybridized carbons (Fsp3) is 0.529. The summed E-state index contributed by atoms with van der Waals surface area (Å²) in [6.07, 6.45) is -1.80. The summed E-state index contributed by atoms with van der Waals surface area (Å²) in [5.41, 5.74) is 1.26. The summed E-state index contributed by atoms with van der Waals surface area (Å²) in [5.74, 6) is 1.29. The van der Waals surface area contributed by atoms with Gasteiger partial charge in [0.05, 0.1) is 6.61 Å². The van der Waals surface area contributed by atoms with Crippen molar-refractivity contribution in [2.24, 2.45) is 5.92 Å². The van der Waals surface area contributed by atoms with Crippen LogP contribution in [-0.4, -0.2) is 18.9 Å². The highest BCUT2D eigenvalue weighted by Gasteiger charge is 2.41. The van der Waals surface area contributed by atoms with Crippen molar-refractivity contribution in [1.29, 1.82) is 0 Å². The molecule has 0 bridgehead atoms. The van der Waals surface area contributed by atoms with Crippen LogP contribution in [0.25, 0.3) is 6.08 Å². The van der Waals surface area contributed by atoms with Crippen molar-refractivity contribution in [2.75, 3.05) is 6.61 Å². The van der Waals surface area contributed by atoms with Crippen molar-refractivity contribution < 1.29 is 22.6 Å². The zero-order chi connectivity index (χ0) is 16.3. The lowest BCUT2D eigenvalue weighted by atomic mass is 10.0. The molecule has 1 aliphatic heterocycles. The quantitative estimate of drug-likeness (QED) is 0.748. The summed E-state index contributed by atoms with van der Waals surface area (Å²) in [5, 5.41) is 0. The molecule has 0 radical (unpaired) electrons. The second-order valence-electron chi connectivity index (χ2n) is 5.54. The molecule has 22 heavy (non-hydrogen) atoms. The summed E-state index contributed by atoms with van der Waals surface area (Å²) in [6.45, 7) is 6.48. The van der Waals surface area contributed by atoms with Crippen LogP contribution in [-0.2, 0) is 0 Å². The predicted octanol–water partition coefficient (Wildman–Crippen LogP) is 5.15. The Bertz CT molecular complexity index is 546. The molecule has 1 aromatic rings. The van der Waals surface area contributed by atoms with E-state index in [1.165, 1.54) is 6.08 Å². The van der Waals surface area contributed by atoms with Gasteiger partial charge in [-0.25, -0.2) is 0 Å². The molecule has 1 unspecified atom stereocenters. The van der Waals surface area contributed by atoms with Crippen LogP contribution >= 0.6 is 0 Å². The molecule has 0 saturated carbocycles. The van der Waals surface area contributed by atoms with Crippen LogP contribution in [0.15, 0.2) is 18.2 Å². The van der Waals surface area contributed by atoms with Gasteiger partial charge in [-0.15, -0.1) is 0 Å². The molecule has 0 fully saturated rings. The average Bonchev–Trinajstić information content (AvgIpc) is 2.49. The van der Waals surface area contributed by atoms with E-state index in [0.717, 1.165) is 18.9 Å². The number of hydrogen-bond donors (Lipinski definition) is 0. The van der Waals surface area contributed by atoms with Crippen LogP contribution in [0.2, 0.25) is 0 Å². The molecular weight excluding hydrogens is 293 g/mol. The lowest BCUT2D eigenvalue weighted by molar-refractivity contribution is -0.180. The van der Waals surface area contributed by atoms with Gasteiger partial charge in [-0.2, -0.15) is 13.2 Å². The summed E-state index contributed by atoms with van der Waals surface area (Å²) in [6, 6.07) is 3.52. The molecule has 1 atom stereocenters. The molecule has 2 rings (SSSR count). The zero-order valence-corrected chi connectivity index (χ0v) is 13.0. The number of alkyl halides is 3. The molecule has 2 nitrogen and oxygen atoms in total. The standard InChI is InChI=1S/C17H21F3O2/c1-4-12(5-2)10-21-14-8-6-13-7-9-15(17(18,19)20)22-16(13)11(14)3/h6-9,12,15H,4-5,10H2,1-3H3. The van der Waals surface area contributed by atoms with E-state index < -0.39 is 12.3 Å². The second kappa shape index (κ2) is 6.63. The van der Waals surface area contributed by atoms with E-state index in [0.29, 0.717) is 29.4 Å². The van der Waals surface area contributed by atoms with E-state index in [2.05, 4.69) is 13.8 Å². The molecule has 0 amide bonds. The van der Waals surface area contributed by atoms with E-state index in [1.807, 2.05) is 0 Å². The fourth-order valence-electron chi connectivity index (χ4n) is 2.40. The molecule has 1 aliphatic rings.